The number of amides is 1. The van der Waals surface area contributed by atoms with Gasteiger partial charge < -0.3 is 24.7 Å². The van der Waals surface area contributed by atoms with Crippen LogP contribution in [-0.2, 0) is 29.2 Å². The predicted molar refractivity (Wildman–Crippen MR) is 169 cm³/mol. The zero-order valence-electron chi connectivity index (χ0n) is 24.7. The molecule has 0 fully saturated rings. The second-order valence-electron chi connectivity index (χ2n) is 11.9. The minimum Gasteiger partial charge on any atom is -0.444 e. The lowest BCUT2D eigenvalue weighted by Gasteiger charge is -2.19. The molecule has 0 atom stereocenters. The van der Waals surface area contributed by atoms with E-state index in [0.29, 0.717) is 49.6 Å². The number of fused-ring (bicyclic) bond motifs is 2. The molecule has 0 radical (unpaired) electrons. The first kappa shape index (κ1) is 31.3. The third-order valence-electron chi connectivity index (χ3n) is 6.11. The second-order valence-corrected chi connectivity index (χ2v) is 19.1. The van der Waals surface area contributed by atoms with Crippen LogP contribution in [0.4, 0.5) is 10.7 Å². The maximum atomic E-state index is 12.2. The largest absolute Gasteiger partial charge is 0.444 e. The Morgan fingerprint density at radius 1 is 1.17 bits per heavy atom. The van der Waals surface area contributed by atoms with Crippen molar-refractivity contribution in [1.29, 1.82) is 0 Å². The van der Waals surface area contributed by atoms with Gasteiger partial charge in [0.2, 0.25) is 5.95 Å². The summed E-state index contributed by atoms with van der Waals surface area (Å²) in [6.07, 6.45) is 3.83. The number of carbonyl (C=O) groups is 1. The van der Waals surface area contributed by atoms with Gasteiger partial charge in [0.05, 0.1) is 28.2 Å². The van der Waals surface area contributed by atoms with Crippen molar-refractivity contribution in [2.45, 2.75) is 76.9 Å². The summed E-state index contributed by atoms with van der Waals surface area (Å²) in [6, 6.07) is 7.19. The summed E-state index contributed by atoms with van der Waals surface area (Å²) in [5, 5.41) is 11.3. The summed E-state index contributed by atoms with van der Waals surface area (Å²) < 4.78 is 16.1. The van der Waals surface area contributed by atoms with E-state index in [1.54, 1.807) is 10.7 Å². The number of anilines is 1. The molecule has 41 heavy (non-hydrogen) atoms. The van der Waals surface area contributed by atoms with Crippen LogP contribution in [0.1, 0.15) is 32.2 Å². The van der Waals surface area contributed by atoms with E-state index in [-0.39, 0.29) is 0 Å². The molecule has 0 unspecified atom stereocenters. The van der Waals surface area contributed by atoms with Crippen LogP contribution in [0, 0.1) is 0 Å². The summed E-state index contributed by atoms with van der Waals surface area (Å²) in [5.74, 6) is 1.38. The number of aromatic nitrogens is 6. The molecule has 0 bridgehead atoms. The highest BCUT2D eigenvalue weighted by Crippen LogP contribution is 2.24. The number of nitrogens with zero attached hydrogens (tertiary/aromatic N) is 6. The number of nitrogens with one attached hydrogen (secondary N) is 2. The fourth-order valence-corrected chi connectivity index (χ4v) is 5.54. The fourth-order valence-electron chi connectivity index (χ4n) is 4.08. The van der Waals surface area contributed by atoms with Crippen molar-refractivity contribution in [1.82, 2.24) is 34.4 Å². The van der Waals surface area contributed by atoms with Crippen molar-refractivity contribution in [2.75, 3.05) is 24.7 Å². The number of rotatable bonds is 12. The van der Waals surface area contributed by atoms with Crippen LogP contribution in [0.15, 0.2) is 34.0 Å². The number of imidazole rings is 1. The number of hydrogen-bond donors (Lipinski definition) is 2. The number of halogens is 1. The Morgan fingerprint density at radius 3 is 2.66 bits per heavy atom. The van der Waals surface area contributed by atoms with Gasteiger partial charge in [-0.2, -0.15) is 14.6 Å². The van der Waals surface area contributed by atoms with Crippen LogP contribution in [-0.4, -0.2) is 68.3 Å². The molecule has 14 heteroatoms. The predicted octanol–water partition coefficient (Wildman–Crippen LogP) is 5.95. The van der Waals surface area contributed by atoms with Crippen molar-refractivity contribution < 1.29 is 14.3 Å². The Bertz CT molecular complexity index is 1510. The maximum absolute atomic E-state index is 12.2. The number of thioether (sulfide) groups is 1. The lowest BCUT2D eigenvalue weighted by Crippen LogP contribution is -2.33. The monoisotopic (exact) mass is 662 g/mol. The van der Waals surface area contributed by atoms with Gasteiger partial charge in [-0.1, -0.05) is 43.5 Å². The number of benzene rings is 1. The van der Waals surface area contributed by atoms with Gasteiger partial charge in [-0.3, -0.25) is 0 Å². The quantitative estimate of drug-likeness (QED) is 0.108. The number of para-hydroxylation sites is 1. The van der Waals surface area contributed by atoms with Gasteiger partial charge in [-0.15, -0.1) is 0 Å². The highest BCUT2D eigenvalue weighted by molar-refractivity contribution is 9.10. The summed E-state index contributed by atoms with van der Waals surface area (Å²) in [4.78, 5) is 26.4. The highest BCUT2D eigenvalue weighted by atomic mass is 79.9. The lowest BCUT2D eigenvalue weighted by atomic mass is 10.1. The van der Waals surface area contributed by atoms with E-state index in [1.807, 2.05) is 39.2 Å². The van der Waals surface area contributed by atoms with E-state index >= 15 is 0 Å². The Balaban J connectivity index is 1.59. The third-order valence-corrected chi connectivity index (χ3v) is 8.92. The van der Waals surface area contributed by atoms with Crippen molar-refractivity contribution in [3.05, 3.63) is 40.3 Å². The van der Waals surface area contributed by atoms with Crippen LogP contribution >= 0.6 is 27.7 Å². The number of ether oxygens (including phenoxy) is 2. The fraction of sp³-hybridized carbons (Fsp3) is 0.519. The first-order chi connectivity index (χ1) is 19.3. The highest BCUT2D eigenvalue weighted by Gasteiger charge is 2.19. The molecule has 0 aliphatic heterocycles. The first-order valence-electron chi connectivity index (χ1n) is 13.6. The van der Waals surface area contributed by atoms with Gasteiger partial charge in [0.25, 0.3) is 0 Å². The molecular formula is C27H39BrN8O3SSi. The van der Waals surface area contributed by atoms with Gasteiger partial charge in [0.1, 0.15) is 18.2 Å². The maximum Gasteiger partial charge on any atom is 0.407 e. The Morgan fingerprint density at radius 2 is 1.95 bits per heavy atom. The number of alkyl carbamates (subject to hydrolysis) is 1. The summed E-state index contributed by atoms with van der Waals surface area (Å²) >= 11 is 4.99. The average molecular weight is 664 g/mol. The second kappa shape index (κ2) is 13.1. The van der Waals surface area contributed by atoms with E-state index < -0.39 is 19.8 Å². The smallest absolute Gasteiger partial charge is 0.407 e. The zero-order valence-corrected chi connectivity index (χ0v) is 28.1. The molecule has 2 N–H and O–H groups in total. The molecular weight excluding hydrogens is 624 g/mol. The molecule has 3 heterocycles. The molecule has 0 spiro atoms. The first-order valence-corrected chi connectivity index (χ1v) is 19.3. The number of hydrogen-bond acceptors (Lipinski definition) is 9. The van der Waals surface area contributed by atoms with Gasteiger partial charge in [-0.05, 0) is 67.1 Å². The van der Waals surface area contributed by atoms with E-state index in [0.717, 1.165) is 32.9 Å². The topological polar surface area (TPSA) is 120 Å². The van der Waals surface area contributed by atoms with Crippen molar-refractivity contribution >= 4 is 64.5 Å². The minimum atomic E-state index is -1.22. The number of carbonyl (C=O) groups excluding carboxylic acids is 1. The van der Waals surface area contributed by atoms with E-state index in [1.165, 1.54) is 11.8 Å². The summed E-state index contributed by atoms with van der Waals surface area (Å²) in [7, 11) is -1.22. The SMILES string of the molecule is CSc1nc(NCc2nc3c(CCNC(=O)OC(C)(C)C)cccc3n2COCC[Si](C)(C)C)n2ncc(Br)c2n1. The Labute approximate surface area is 254 Å². The molecule has 1 aromatic carbocycles. The normalized spacial score (nSPS) is 12.3. The van der Waals surface area contributed by atoms with Crippen molar-refractivity contribution in [3.63, 3.8) is 0 Å². The molecule has 4 aromatic rings. The molecule has 0 aliphatic carbocycles. The van der Waals surface area contributed by atoms with Gasteiger partial charge in [0.15, 0.2) is 10.8 Å². The van der Waals surface area contributed by atoms with Crippen molar-refractivity contribution in [2.24, 2.45) is 0 Å². The standard InChI is InChI=1S/C27H39BrN8O3SSi/c1-27(2,3)39-26(37)29-12-11-18-9-8-10-20-22(18)32-21(35(20)17-38-13-14-41(5,6)7)16-30-24-34-25(40-4)33-23-19(28)15-31-36(23)24/h8-10,15H,11-14,16-17H2,1-7H3,(H,29,37)(H,30,33,34). The molecule has 0 saturated carbocycles. The zero-order chi connectivity index (χ0) is 29.8. The van der Waals surface area contributed by atoms with Crippen LogP contribution in [0.3, 0.4) is 0 Å². The van der Waals surface area contributed by atoms with E-state index in [9.17, 15) is 4.79 Å². The van der Waals surface area contributed by atoms with Gasteiger partial charge >= 0.3 is 6.09 Å². The molecule has 4 rings (SSSR count). The molecule has 1 amide bonds. The molecule has 222 valence electrons. The van der Waals surface area contributed by atoms with E-state index in [2.05, 4.69) is 71.9 Å². The van der Waals surface area contributed by atoms with Gasteiger partial charge in [0, 0.05) is 21.2 Å². The van der Waals surface area contributed by atoms with Crippen LogP contribution < -0.4 is 10.6 Å². The van der Waals surface area contributed by atoms with Gasteiger partial charge in [-0.25, -0.2) is 14.8 Å². The van der Waals surface area contributed by atoms with Crippen molar-refractivity contribution in [3.8, 4) is 0 Å². The Hall–Kier alpha value is -2.68. The average Bonchev–Trinajstić information content (AvgIpc) is 3.44. The Kier molecular flexibility index (Phi) is 9.98. The third kappa shape index (κ3) is 8.43. The molecule has 3 aromatic heterocycles. The van der Waals surface area contributed by atoms with E-state index in [4.69, 9.17) is 14.5 Å². The lowest BCUT2D eigenvalue weighted by molar-refractivity contribution is 0.0528. The molecule has 0 aliphatic rings. The minimum absolute atomic E-state index is 0.389. The van der Waals surface area contributed by atoms with Crippen LogP contribution in [0.25, 0.3) is 16.7 Å². The van der Waals surface area contributed by atoms with Crippen LogP contribution in [0.2, 0.25) is 25.7 Å². The van der Waals surface area contributed by atoms with Crippen LogP contribution in [0.5, 0.6) is 0 Å². The molecule has 0 saturated heterocycles. The molecule has 11 nitrogen and oxygen atoms in total. The summed E-state index contributed by atoms with van der Waals surface area (Å²) in [6.45, 7) is 14.5. The summed E-state index contributed by atoms with van der Waals surface area (Å²) in [5.41, 5.74) is 3.03.